The summed E-state index contributed by atoms with van der Waals surface area (Å²) in [4.78, 5) is 22.8. The van der Waals surface area contributed by atoms with Crippen LogP contribution in [0.15, 0.2) is 18.6 Å². The lowest BCUT2D eigenvalue weighted by atomic mass is 9.74. The zero-order valence-electron chi connectivity index (χ0n) is 14.0. The van der Waals surface area contributed by atoms with E-state index in [1.807, 2.05) is 25.7 Å². The minimum atomic E-state index is -1.01. The maximum atomic E-state index is 12.6. The number of amides is 1. The zero-order valence-corrected chi connectivity index (χ0v) is 14.0. The Morgan fingerprint density at radius 1 is 1.30 bits per heavy atom. The predicted octanol–water partition coefficient (Wildman–Crippen LogP) is 2.62. The second-order valence-electron chi connectivity index (χ2n) is 7.66. The van der Waals surface area contributed by atoms with Gasteiger partial charge in [-0.25, -0.2) is 4.79 Å². The number of fused-ring (bicyclic) bond motifs is 2. The number of aliphatic hydroxyl groups is 1. The Kier molecular flexibility index (Phi) is 4.04. The quantitative estimate of drug-likeness (QED) is 0.861. The summed E-state index contributed by atoms with van der Waals surface area (Å²) in [7, 11) is 0. The Morgan fingerprint density at radius 2 is 1.96 bits per heavy atom. The number of hydrogen-bond acceptors (Lipinski definition) is 5. The maximum Gasteiger partial charge on any atom is 0.410 e. The van der Waals surface area contributed by atoms with E-state index in [4.69, 9.17) is 4.74 Å². The minimum Gasteiger partial charge on any atom is -0.444 e. The van der Waals surface area contributed by atoms with Crippen LogP contribution in [0.5, 0.6) is 0 Å². The highest BCUT2D eigenvalue weighted by Crippen LogP contribution is 2.44. The fourth-order valence-corrected chi connectivity index (χ4v) is 3.79. The summed E-state index contributed by atoms with van der Waals surface area (Å²) in [5, 5.41) is 11.1. The zero-order chi connectivity index (χ0) is 16.7. The molecular weight excluding hydrogens is 294 g/mol. The summed E-state index contributed by atoms with van der Waals surface area (Å²) >= 11 is 0. The molecule has 0 saturated carbocycles. The predicted molar refractivity (Wildman–Crippen MR) is 84.7 cm³/mol. The standard InChI is InChI=1S/C17H25N3O3/c1-16(2,3)23-15(21)20-12-5-4-6-13(20)10-17(22,9-12)14-11-18-7-8-19-14/h7-8,11-13,22H,4-6,9-10H2,1-3H3. The highest BCUT2D eigenvalue weighted by Gasteiger charge is 2.49. The van der Waals surface area contributed by atoms with E-state index in [2.05, 4.69) is 9.97 Å². The van der Waals surface area contributed by atoms with Crippen LogP contribution in [0.2, 0.25) is 0 Å². The molecule has 2 bridgehead atoms. The molecule has 6 heteroatoms. The second-order valence-corrected chi connectivity index (χ2v) is 7.66. The van der Waals surface area contributed by atoms with Crippen LogP contribution < -0.4 is 0 Å². The normalized spacial score (nSPS) is 30.9. The van der Waals surface area contributed by atoms with Crippen LogP contribution >= 0.6 is 0 Å². The molecule has 0 spiro atoms. The van der Waals surface area contributed by atoms with Crippen LogP contribution in [0.25, 0.3) is 0 Å². The molecule has 2 aliphatic rings. The van der Waals surface area contributed by atoms with Gasteiger partial charge in [0.15, 0.2) is 0 Å². The number of carbonyl (C=O) groups is 1. The number of hydrogen-bond donors (Lipinski definition) is 1. The van der Waals surface area contributed by atoms with Gasteiger partial charge in [-0.1, -0.05) is 0 Å². The molecule has 1 aromatic rings. The van der Waals surface area contributed by atoms with Crippen molar-refractivity contribution in [3.8, 4) is 0 Å². The van der Waals surface area contributed by atoms with E-state index < -0.39 is 11.2 Å². The minimum absolute atomic E-state index is 0.00986. The first-order chi connectivity index (χ1) is 10.8. The first-order valence-corrected chi connectivity index (χ1v) is 8.29. The number of rotatable bonds is 1. The number of carbonyl (C=O) groups excluding carboxylic acids is 1. The Hall–Kier alpha value is -1.69. The molecule has 2 fully saturated rings. The molecule has 0 aromatic carbocycles. The molecule has 3 rings (SSSR count). The Morgan fingerprint density at radius 3 is 2.48 bits per heavy atom. The van der Waals surface area contributed by atoms with Gasteiger partial charge in [0.1, 0.15) is 11.2 Å². The lowest BCUT2D eigenvalue weighted by Gasteiger charge is -2.51. The number of ether oxygens (including phenoxy) is 1. The lowest BCUT2D eigenvalue weighted by molar-refractivity contribution is -0.0986. The molecule has 126 valence electrons. The van der Waals surface area contributed by atoms with Crippen LogP contribution in [-0.4, -0.2) is 43.8 Å². The maximum absolute atomic E-state index is 12.6. The van der Waals surface area contributed by atoms with Crippen molar-refractivity contribution in [2.24, 2.45) is 0 Å². The molecule has 1 aromatic heterocycles. The first kappa shape index (κ1) is 16.2. The molecule has 6 nitrogen and oxygen atoms in total. The van der Waals surface area contributed by atoms with E-state index in [1.165, 1.54) is 0 Å². The average molecular weight is 319 g/mol. The Labute approximate surface area is 136 Å². The Balaban J connectivity index is 1.82. The van der Waals surface area contributed by atoms with E-state index in [0.29, 0.717) is 18.5 Å². The third-order valence-electron chi connectivity index (χ3n) is 4.65. The van der Waals surface area contributed by atoms with Crippen LogP contribution in [-0.2, 0) is 10.3 Å². The number of nitrogens with zero attached hydrogens (tertiary/aromatic N) is 3. The molecule has 0 aliphatic carbocycles. The van der Waals surface area contributed by atoms with Gasteiger partial charge < -0.3 is 14.7 Å². The molecule has 2 unspecified atom stereocenters. The lowest BCUT2D eigenvalue weighted by Crippen LogP contribution is -2.59. The van der Waals surface area contributed by atoms with Crippen molar-refractivity contribution in [1.82, 2.24) is 14.9 Å². The van der Waals surface area contributed by atoms with E-state index in [9.17, 15) is 9.90 Å². The van der Waals surface area contributed by atoms with Crippen molar-refractivity contribution >= 4 is 6.09 Å². The topological polar surface area (TPSA) is 75.5 Å². The van der Waals surface area contributed by atoms with Crippen LogP contribution in [0, 0.1) is 0 Å². The van der Waals surface area contributed by atoms with E-state index in [-0.39, 0.29) is 18.2 Å². The van der Waals surface area contributed by atoms with Crippen molar-refractivity contribution in [2.45, 2.75) is 76.2 Å². The van der Waals surface area contributed by atoms with E-state index in [1.54, 1.807) is 18.6 Å². The van der Waals surface area contributed by atoms with Crippen molar-refractivity contribution < 1.29 is 14.6 Å². The van der Waals surface area contributed by atoms with Gasteiger partial charge in [-0.3, -0.25) is 9.97 Å². The van der Waals surface area contributed by atoms with Gasteiger partial charge in [-0.2, -0.15) is 0 Å². The fraction of sp³-hybridized carbons (Fsp3) is 0.706. The van der Waals surface area contributed by atoms with Gasteiger partial charge in [-0.05, 0) is 40.0 Å². The molecule has 2 aliphatic heterocycles. The Bertz CT molecular complexity index is 556. The second kappa shape index (κ2) is 5.74. The van der Waals surface area contributed by atoms with Crippen molar-refractivity contribution in [1.29, 1.82) is 0 Å². The van der Waals surface area contributed by atoms with Gasteiger partial charge in [0.05, 0.1) is 11.9 Å². The fourth-order valence-electron chi connectivity index (χ4n) is 3.79. The summed E-state index contributed by atoms with van der Waals surface area (Å²) in [5.41, 5.74) is -0.923. The van der Waals surface area contributed by atoms with Crippen molar-refractivity contribution in [2.75, 3.05) is 0 Å². The molecule has 23 heavy (non-hydrogen) atoms. The third kappa shape index (κ3) is 3.32. The average Bonchev–Trinajstić information content (AvgIpc) is 2.45. The van der Waals surface area contributed by atoms with Gasteiger partial charge in [0, 0.05) is 37.3 Å². The van der Waals surface area contributed by atoms with E-state index in [0.717, 1.165) is 19.3 Å². The number of piperidine rings is 2. The molecular formula is C17H25N3O3. The highest BCUT2D eigenvalue weighted by molar-refractivity contribution is 5.69. The molecule has 2 atom stereocenters. The number of aromatic nitrogens is 2. The summed E-state index contributed by atoms with van der Waals surface area (Å²) in [5.74, 6) is 0. The SMILES string of the molecule is CC(C)(C)OC(=O)N1C2CCCC1CC(O)(c1cnccn1)C2. The summed E-state index contributed by atoms with van der Waals surface area (Å²) in [6, 6.07) is -0.0197. The molecule has 2 saturated heterocycles. The molecule has 0 radical (unpaired) electrons. The molecule has 1 N–H and O–H groups in total. The summed E-state index contributed by atoms with van der Waals surface area (Å²) < 4.78 is 5.56. The smallest absolute Gasteiger partial charge is 0.410 e. The summed E-state index contributed by atoms with van der Waals surface area (Å²) in [6.45, 7) is 5.63. The highest BCUT2D eigenvalue weighted by atomic mass is 16.6. The summed E-state index contributed by atoms with van der Waals surface area (Å²) in [6.07, 6.45) is 8.38. The van der Waals surface area contributed by atoms with E-state index >= 15 is 0 Å². The van der Waals surface area contributed by atoms with Crippen LogP contribution in [0.4, 0.5) is 4.79 Å². The third-order valence-corrected chi connectivity index (χ3v) is 4.65. The van der Waals surface area contributed by atoms with Crippen LogP contribution in [0.1, 0.15) is 58.6 Å². The van der Waals surface area contributed by atoms with Gasteiger partial charge in [0.25, 0.3) is 0 Å². The monoisotopic (exact) mass is 319 g/mol. The first-order valence-electron chi connectivity index (χ1n) is 8.29. The molecule has 1 amide bonds. The largest absolute Gasteiger partial charge is 0.444 e. The van der Waals surface area contributed by atoms with Crippen molar-refractivity contribution in [3.05, 3.63) is 24.3 Å². The molecule has 3 heterocycles. The van der Waals surface area contributed by atoms with Crippen LogP contribution in [0.3, 0.4) is 0 Å². The van der Waals surface area contributed by atoms with Gasteiger partial charge >= 0.3 is 6.09 Å². The van der Waals surface area contributed by atoms with Crippen molar-refractivity contribution in [3.63, 3.8) is 0 Å². The van der Waals surface area contributed by atoms with Gasteiger partial charge in [-0.15, -0.1) is 0 Å². The van der Waals surface area contributed by atoms with Gasteiger partial charge in [0.2, 0.25) is 0 Å².